The van der Waals surface area contributed by atoms with Crippen LogP contribution >= 0.6 is 0 Å². The number of nitrogens with one attached hydrogen (secondary N) is 1. The van der Waals surface area contributed by atoms with Crippen molar-refractivity contribution in [3.63, 3.8) is 0 Å². The molecule has 0 bridgehead atoms. The number of rotatable bonds is 3. The van der Waals surface area contributed by atoms with Gasteiger partial charge in [-0.3, -0.25) is 4.79 Å². The Hall–Kier alpha value is -1.51. The van der Waals surface area contributed by atoms with E-state index in [0.29, 0.717) is 0 Å². The summed E-state index contributed by atoms with van der Waals surface area (Å²) in [6, 6.07) is 7.72. The van der Waals surface area contributed by atoms with E-state index in [1.807, 2.05) is 29.2 Å². The number of benzene rings is 1. The highest BCUT2D eigenvalue weighted by Gasteiger charge is 2.36. The Morgan fingerprint density at radius 3 is 2.71 bits per heavy atom. The molecule has 1 aromatic carbocycles. The molecule has 1 aliphatic heterocycles. The Morgan fingerprint density at radius 2 is 2.00 bits per heavy atom. The molecule has 1 N–H and O–H groups in total. The minimum Gasteiger partial charge on any atom is -0.362 e. The standard InChI is InChI=1S/C14H20N2O/c1-4-5-10-16-13(17)11-8-6-7-9-12(11)15-14(16,2)3/h6-9,15H,4-5,10H2,1-3H3. The molecule has 3 heteroatoms. The average Bonchev–Trinajstić information content (AvgIpc) is 2.28. The fraction of sp³-hybridized carbons (Fsp3) is 0.500. The maximum absolute atomic E-state index is 12.4. The molecule has 0 saturated carbocycles. The lowest BCUT2D eigenvalue weighted by atomic mass is 10.0. The Bertz CT molecular complexity index is 426. The van der Waals surface area contributed by atoms with Crippen LogP contribution in [0.1, 0.15) is 44.0 Å². The van der Waals surface area contributed by atoms with E-state index in [9.17, 15) is 4.79 Å². The fourth-order valence-corrected chi connectivity index (χ4v) is 2.27. The molecule has 0 fully saturated rings. The molecule has 92 valence electrons. The quantitative estimate of drug-likeness (QED) is 0.868. The van der Waals surface area contributed by atoms with Gasteiger partial charge in [-0.25, -0.2) is 0 Å². The monoisotopic (exact) mass is 232 g/mol. The van der Waals surface area contributed by atoms with Gasteiger partial charge in [-0.15, -0.1) is 0 Å². The predicted octanol–water partition coefficient (Wildman–Crippen LogP) is 3.09. The highest BCUT2D eigenvalue weighted by molar-refractivity contribution is 6.02. The van der Waals surface area contributed by atoms with Crippen LogP contribution in [0.3, 0.4) is 0 Å². The number of hydrogen-bond donors (Lipinski definition) is 1. The molecule has 1 aromatic rings. The molecule has 0 aromatic heterocycles. The van der Waals surface area contributed by atoms with Gasteiger partial charge in [-0.2, -0.15) is 0 Å². The van der Waals surface area contributed by atoms with Gasteiger partial charge in [0.25, 0.3) is 5.91 Å². The summed E-state index contributed by atoms with van der Waals surface area (Å²) in [7, 11) is 0. The maximum atomic E-state index is 12.4. The molecular weight excluding hydrogens is 212 g/mol. The van der Waals surface area contributed by atoms with Crippen LogP contribution in [0.4, 0.5) is 5.69 Å². The second kappa shape index (κ2) is 4.40. The summed E-state index contributed by atoms with van der Waals surface area (Å²) in [4.78, 5) is 14.4. The largest absolute Gasteiger partial charge is 0.362 e. The number of nitrogens with zero attached hydrogens (tertiary/aromatic N) is 1. The summed E-state index contributed by atoms with van der Waals surface area (Å²) in [5.74, 6) is 0.137. The van der Waals surface area contributed by atoms with Gasteiger partial charge in [0.05, 0.1) is 5.56 Å². The van der Waals surface area contributed by atoms with E-state index >= 15 is 0 Å². The summed E-state index contributed by atoms with van der Waals surface area (Å²) in [5, 5.41) is 3.43. The summed E-state index contributed by atoms with van der Waals surface area (Å²) >= 11 is 0. The lowest BCUT2D eigenvalue weighted by Gasteiger charge is -2.44. The summed E-state index contributed by atoms with van der Waals surface area (Å²) in [6.07, 6.45) is 2.14. The van der Waals surface area contributed by atoms with Crippen LogP contribution in [0, 0.1) is 0 Å². The van der Waals surface area contributed by atoms with Crippen LogP contribution in [0.25, 0.3) is 0 Å². The van der Waals surface area contributed by atoms with E-state index in [0.717, 1.165) is 30.6 Å². The number of carbonyl (C=O) groups is 1. The molecule has 0 radical (unpaired) electrons. The molecule has 1 amide bonds. The second-order valence-electron chi connectivity index (χ2n) is 5.04. The summed E-state index contributed by atoms with van der Waals surface area (Å²) < 4.78 is 0. The van der Waals surface area contributed by atoms with Gasteiger partial charge < -0.3 is 10.2 Å². The molecular formula is C14H20N2O. The Balaban J connectivity index is 2.33. The summed E-state index contributed by atoms with van der Waals surface area (Å²) in [6.45, 7) is 7.06. The van der Waals surface area contributed by atoms with Gasteiger partial charge in [0.15, 0.2) is 0 Å². The van der Waals surface area contributed by atoms with Crippen molar-refractivity contribution in [3.05, 3.63) is 29.8 Å². The third kappa shape index (κ3) is 2.14. The van der Waals surface area contributed by atoms with Crippen LogP contribution in [0.5, 0.6) is 0 Å². The molecule has 17 heavy (non-hydrogen) atoms. The van der Waals surface area contributed by atoms with Gasteiger partial charge in [0, 0.05) is 12.2 Å². The number of anilines is 1. The number of para-hydroxylation sites is 1. The normalized spacial score (nSPS) is 17.6. The molecule has 0 atom stereocenters. The molecule has 1 aliphatic rings. The molecule has 3 nitrogen and oxygen atoms in total. The van der Waals surface area contributed by atoms with Crippen molar-refractivity contribution < 1.29 is 4.79 Å². The Labute approximate surface area is 103 Å². The first-order valence-electron chi connectivity index (χ1n) is 6.25. The molecule has 2 rings (SSSR count). The van der Waals surface area contributed by atoms with Crippen molar-refractivity contribution in [1.29, 1.82) is 0 Å². The van der Waals surface area contributed by atoms with Crippen molar-refractivity contribution in [2.45, 2.75) is 39.3 Å². The average molecular weight is 232 g/mol. The lowest BCUT2D eigenvalue weighted by Crippen LogP contribution is -2.56. The van der Waals surface area contributed by atoms with Crippen LogP contribution in [0.15, 0.2) is 24.3 Å². The van der Waals surface area contributed by atoms with Crippen molar-refractivity contribution in [1.82, 2.24) is 4.90 Å². The number of carbonyl (C=O) groups excluding carboxylic acids is 1. The van der Waals surface area contributed by atoms with E-state index < -0.39 is 0 Å². The van der Waals surface area contributed by atoms with E-state index in [1.54, 1.807) is 0 Å². The van der Waals surface area contributed by atoms with Crippen LogP contribution in [-0.2, 0) is 0 Å². The van der Waals surface area contributed by atoms with Crippen LogP contribution in [-0.4, -0.2) is 23.0 Å². The fourth-order valence-electron chi connectivity index (χ4n) is 2.27. The third-order valence-electron chi connectivity index (χ3n) is 3.25. The van der Waals surface area contributed by atoms with Gasteiger partial charge >= 0.3 is 0 Å². The number of hydrogen-bond acceptors (Lipinski definition) is 2. The van der Waals surface area contributed by atoms with Crippen molar-refractivity contribution in [3.8, 4) is 0 Å². The minimum absolute atomic E-state index is 0.137. The minimum atomic E-state index is -0.305. The first kappa shape index (κ1) is 12.0. The first-order chi connectivity index (χ1) is 8.06. The van der Waals surface area contributed by atoms with Crippen molar-refractivity contribution >= 4 is 11.6 Å². The Morgan fingerprint density at radius 1 is 1.29 bits per heavy atom. The zero-order chi connectivity index (χ0) is 12.5. The van der Waals surface area contributed by atoms with Gasteiger partial charge in [-0.1, -0.05) is 25.5 Å². The molecule has 0 unspecified atom stereocenters. The highest BCUT2D eigenvalue weighted by Crippen LogP contribution is 2.30. The van der Waals surface area contributed by atoms with Crippen LogP contribution in [0.2, 0.25) is 0 Å². The number of fused-ring (bicyclic) bond motifs is 1. The predicted molar refractivity (Wildman–Crippen MR) is 70.1 cm³/mol. The number of amides is 1. The van der Waals surface area contributed by atoms with Crippen molar-refractivity contribution in [2.75, 3.05) is 11.9 Å². The first-order valence-corrected chi connectivity index (χ1v) is 6.25. The van der Waals surface area contributed by atoms with E-state index in [-0.39, 0.29) is 11.6 Å². The van der Waals surface area contributed by atoms with Crippen LogP contribution < -0.4 is 5.32 Å². The van der Waals surface area contributed by atoms with Crippen molar-refractivity contribution in [2.24, 2.45) is 0 Å². The second-order valence-corrected chi connectivity index (χ2v) is 5.04. The zero-order valence-corrected chi connectivity index (χ0v) is 10.8. The smallest absolute Gasteiger partial charge is 0.257 e. The van der Waals surface area contributed by atoms with E-state index in [4.69, 9.17) is 0 Å². The number of unbranched alkanes of at least 4 members (excludes halogenated alkanes) is 1. The lowest BCUT2D eigenvalue weighted by molar-refractivity contribution is 0.0572. The molecule has 1 heterocycles. The van der Waals surface area contributed by atoms with Gasteiger partial charge in [0.2, 0.25) is 0 Å². The third-order valence-corrected chi connectivity index (χ3v) is 3.25. The molecule has 0 saturated heterocycles. The van der Waals surface area contributed by atoms with Gasteiger partial charge in [-0.05, 0) is 32.4 Å². The van der Waals surface area contributed by atoms with E-state index in [2.05, 4.69) is 26.1 Å². The van der Waals surface area contributed by atoms with Gasteiger partial charge in [0.1, 0.15) is 5.66 Å². The molecule has 0 aliphatic carbocycles. The van der Waals surface area contributed by atoms with E-state index in [1.165, 1.54) is 0 Å². The highest BCUT2D eigenvalue weighted by atomic mass is 16.2. The summed E-state index contributed by atoms with van der Waals surface area (Å²) in [5.41, 5.74) is 1.42. The zero-order valence-electron chi connectivity index (χ0n) is 10.8. The topological polar surface area (TPSA) is 32.3 Å². The maximum Gasteiger partial charge on any atom is 0.257 e. The SMILES string of the molecule is CCCCN1C(=O)c2ccccc2NC1(C)C. The Kier molecular flexibility index (Phi) is 3.09. The molecule has 0 spiro atoms.